The van der Waals surface area contributed by atoms with E-state index in [1.54, 1.807) is 0 Å². The van der Waals surface area contributed by atoms with E-state index in [-0.39, 0.29) is 0 Å². The highest BCUT2D eigenvalue weighted by Crippen LogP contribution is 2.19. The molecule has 1 aliphatic heterocycles. The molecule has 0 saturated heterocycles. The lowest BCUT2D eigenvalue weighted by Gasteiger charge is -2.25. The average molecular weight is 162 g/mol. The van der Waals surface area contributed by atoms with Crippen molar-refractivity contribution < 1.29 is 0 Å². The molecule has 0 aromatic carbocycles. The molecular formula is C10H14N2. The minimum absolute atomic E-state index is 1.09. The van der Waals surface area contributed by atoms with Gasteiger partial charge in [-0.2, -0.15) is 0 Å². The highest BCUT2D eigenvalue weighted by molar-refractivity contribution is 5.32. The molecule has 2 nitrogen and oxygen atoms in total. The molecule has 1 aromatic heterocycles. The Bertz CT molecular complexity index is 294. The summed E-state index contributed by atoms with van der Waals surface area (Å²) in [6.45, 7) is 4.40. The first-order valence-corrected chi connectivity index (χ1v) is 4.38. The van der Waals surface area contributed by atoms with Crippen LogP contribution in [0.25, 0.3) is 0 Å². The van der Waals surface area contributed by atoms with Crippen molar-refractivity contribution >= 4 is 0 Å². The third-order valence-electron chi connectivity index (χ3n) is 2.55. The van der Waals surface area contributed by atoms with E-state index in [1.165, 1.54) is 16.7 Å². The fraction of sp³-hybridized carbons (Fsp3) is 0.500. The fourth-order valence-electron chi connectivity index (χ4n) is 1.75. The molecule has 0 amide bonds. The molecule has 0 unspecified atom stereocenters. The second-order valence-corrected chi connectivity index (χ2v) is 3.58. The summed E-state index contributed by atoms with van der Waals surface area (Å²) in [6, 6.07) is 0. The Morgan fingerprint density at radius 2 is 2.25 bits per heavy atom. The molecular weight excluding hydrogens is 148 g/mol. The fourth-order valence-corrected chi connectivity index (χ4v) is 1.75. The zero-order chi connectivity index (χ0) is 8.55. The summed E-state index contributed by atoms with van der Waals surface area (Å²) < 4.78 is 0. The van der Waals surface area contributed by atoms with Gasteiger partial charge >= 0.3 is 0 Å². The number of fused-ring (bicyclic) bond motifs is 1. The predicted octanol–water partition coefficient (Wildman–Crippen LogP) is 1.38. The largest absolute Gasteiger partial charge is 0.302 e. The lowest BCUT2D eigenvalue weighted by molar-refractivity contribution is 0.311. The van der Waals surface area contributed by atoms with Gasteiger partial charge in [-0.25, -0.2) is 0 Å². The van der Waals surface area contributed by atoms with Gasteiger partial charge in [0.2, 0.25) is 0 Å². The van der Waals surface area contributed by atoms with E-state index in [2.05, 4.69) is 23.9 Å². The van der Waals surface area contributed by atoms with Gasteiger partial charge in [-0.15, -0.1) is 0 Å². The molecule has 1 aliphatic rings. The molecule has 12 heavy (non-hydrogen) atoms. The van der Waals surface area contributed by atoms with E-state index >= 15 is 0 Å². The van der Waals surface area contributed by atoms with Gasteiger partial charge in [0.1, 0.15) is 0 Å². The summed E-state index contributed by atoms with van der Waals surface area (Å²) in [5, 5.41) is 0. The second-order valence-electron chi connectivity index (χ2n) is 3.58. The highest BCUT2D eigenvalue weighted by Gasteiger charge is 2.14. The molecule has 0 atom stereocenters. The van der Waals surface area contributed by atoms with Gasteiger partial charge in [-0.3, -0.25) is 4.98 Å². The number of hydrogen-bond acceptors (Lipinski definition) is 2. The quantitative estimate of drug-likeness (QED) is 0.573. The van der Waals surface area contributed by atoms with Crippen LogP contribution in [-0.2, 0) is 13.0 Å². The number of likely N-dealkylation sites (N-methyl/N-ethyl adjacent to an activating group) is 1. The predicted molar refractivity (Wildman–Crippen MR) is 49.0 cm³/mol. The zero-order valence-electron chi connectivity index (χ0n) is 7.67. The Hall–Kier alpha value is -0.890. The molecule has 2 rings (SSSR count). The van der Waals surface area contributed by atoms with Crippen LogP contribution in [0.15, 0.2) is 12.4 Å². The Balaban J connectivity index is 2.43. The molecule has 0 saturated carbocycles. The van der Waals surface area contributed by atoms with E-state index < -0.39 is 0 Å². The van der Waals surface area contributed by atoms with E-state index in [0.29, 0.717) is 0 Å². The van der Waals surface area contributed by atoms with Crippen LogP contribution in [0.1, 0.15) is 16.7 Å². The number of hydrogen-bond donors (Lipinski definition) is 0. The maximum Gasteiger partial charge on any atom is 0.0303 e. The van der Waals surface area contributed by atoms with Crippen LogP contribution in [0.5, 0.6) is 0 Å². The van der Waals surface area contributed by atoms with E-state index in [0.717, 1.165) is 19.5 Å². The van der Waals surface area contributed by atoms with Crippen molar-refractivity contribution in [1.29, 1.82) is 0 Å². The van der Waals surface area contributed by atoms with Gasteiger partial charge in [0.25, 0.3) is 0 Å². The molecule has 2 heterocycles. The van der Waals surface area contributed by atoms with Gasteiger partial charge in [-0.05, 0) is 37.1 Å². The summed E-state index contributed by atoms with van der Waals surface area (Å²) >= 11 is 0. The van der Waals surface area contributed by atoms with Crippen molar-refractivity contribution in [2.24, 2.45) is 0 Å². The van der Waals surface area contributed by atoms with Gasteiger partial charge in [0.15, 0.2) is 0 Å². The Kier molecular flexibility index (Phi) is 1.85. The van der Waals surface area contributed by atoms with Crippen LogP contribution in [-0.4, -0.2) is 23.5 Å². The molecule has 0 aliphatic carbocycles. The molecule has 0 fully saturated rings. The maximum atomic E-state index is 4.20. The maximum absolute atomic E-state index is 4.20. The van der Waals surface area contributed by atoms with Crippen molar-refractivity contribution in [2.45, 2.75) is 19.9 Å². The molecule has 64 valence electrons. The summed E-state index contributed by atoms with van der Waals surface area (Å²) in [5.74, 6) is 0. The van der Waals surface area contributed by atoms with E-state index in [4.69, 9.17) is 0 Å². The second kappa shape index (κ2) is 2.87. The average Bonchev–Trinajstić information content (AvgIpc) is 2.07. The number of pyridine rings is 1. The highest BCUT2D eigenvalue weighted by atomic mass is 15.1. The van der Waals surface area contributed by atoms with Crippen molar-refractivity contribution in [1.82, 2.24) is 9.88 Å². The number of rotatable bonds is 0. The molecule has 0 bridgehead atoms. The molecule has 0 N–H and O–H groups in total. The summed E-state index contributed by atoms with van der Waals surface area (Å²) in [4.78, 5) is 6.56. The van der Waals surface area contributed by atoms with Crippen LogP contribution in [0.2, 0.25) is 0 Å². The van der Waals surface area contributed by atoms with Crippen molar-refractivity contribution in [3.63, 3.8) is 0 Å². The SMILES string of the molecule is Cc1cncc2c1CN(C)CC2. The molecule has 0 spiro atoms. The summed E-state index contributed by atoms with van der Waals surface area (Å²) in [5.41, 5.74) is 4.26. The number of nitrogens with zero attached hydrogens (tertiary/aromatic N) is 2. The smallest absolute Gasteiger partial charge is 0.0303 e. The lowest BCUT2D eigenvalue weighted by Crippen LogP contribution is -2.27. The van der Waals surface area contributed by atoms with Crippen LogP contribution in [0.4, 0.5) is 0 Å². The van der Waals surface area contributed by atoms with E-state index in [9.17, 15) is 0 Å². The van der Waals surface area contributed by atoms with Crippen LogP contribution in [0, 0.1) is 6.92 Å². The summed E-state index contributed by atoms with van der Waals surface area (Å²) in [6.07, 6.45) is 5.12. The molecule has 0 radical (unpaired) electrons. The topological polar surface area (TPSA) is 16.1 Å². The van der Waals surface area contributed by atoms with Crippen LogP contribution >= 0.6 is 0 Å². The van der Waals surface area contributed by atoms with E-state index in [1.807, 2.05) is 12.4 Å². The van der Waals surface area contributed by atoms with Gasteiger partial charge in [-0.1, -0.05) is 0 Å². The van der Waals surface area contributed by atoms with Crippen molar-refractivity contribution in [3.8, 4) is 0 Å². The molecule has 1 aromatic rings. The van der Waals surface area contributed by atoms with Gasteiger partial charge in [0.05, 0.1) is 0 Å². The zero-order valence-corrected chi connectivity index (χ0v) is 7.67. The minimum Gasteiger partial charge on any atom is -0.302 e. The number of aromatic nitrogens is 1. The van der Waals surface area contributed by atoms with Crippen LogP contribution < -0.4 is 0 Å². The monoisotopic (exact) mass is 162 g/mol. The summed E-state index contributed by atoms with van der Waals surface area (Å²) in [7, 11) is 2.17. The Morgan fingerprint density at radius 3 is 3.08 bits per heavy atom. The third-order valence-corrected chi connectivity index (χ3v) is 2.55. The van der Waals surface area contributed by atoms with Crippen molar-refractivity contribution in [2.75, 3.05) is 13.6 Å². The first-order chi connectivity index (χ1) is 5.77. The van der Waals surface area contributed by atoms with Gasteiger partial charge in [0, 0.05) is 25.5 Å². The lowest BCUT2D eigenvalue weighted by atomic mass is 9.99. The van der Waals surface area contributed by atoms with Crippen LogP contribution in [0.3, 0.4) is 0 Å². The normalized spacial score (nSPS) is 17.5. The van der Waals surface area contributed by atoms with Gasteiger partial charge < -0.3 is 4.90 Å². The first-order valence-electron chi connectivity index (χ1n) is 4.38. The van der Waals surface area contributed by atoms with Crippen molar-refractivity contribution in [3.05, 3.63) is 29.1 Å². The Morgan fingerprint density at radius 1 is 1.42 bits per heavy atom. The minimum atomic E-state index is 1.09. The Labute approximate surface area is 73.2 Å². The standard InChI is InChI=1S/C10H14N2/c1-8-5-11-6-9-3-4-12(2)7-10(8)9/h5-6H,3-4,7H2,1-2H3. The first kappa shape index (κ1) is 7.74. The molecule has 2 heteroatoms. The third kappa shape index (κ3) is 1.23. The number of aryl methyl sites for hydroxylation is 1.